The number of non-ortho nitro benzene ring substituents is 1. The molecule has 0 spiro atoms. The number of nitro benzene ring substituents is 1. The van der Waals surface area contributed by atoms with E-state index in [0.717, 1.165) is 11.5 Å². The van der Waals surface area contributed by atoms with Gasteiger partial charge in [-0.1, -0.05) is 0 Å². The van der Waals surface area contributed by atoms with Crippen LogP contribution in [0.25, 0.3) is 0 Å². The molecule has 110 valence electrons. The average molecular weight is 289 g/mol. The zero-order valence-corrected chi connectivity index (χ0v) is 11.5. The molecular formula is C15H15NO5. The number of nitrogens with zero attached hydrogens (tertiary/aromatic N) is 1. The molecule has 6 nitrogen and oxygen atoms in total. The Morgan fingerprint density at radius 1 is 0.857 bits per heavy atom. The lowest BCUT2D eigenvalue weighted by Crippen LogP contribution is -2.08. The van der Waals surface area contributed by atoms with Gasteiger partial charge < -0.3 is 14.2 Å². The summed E-state index contributed by atoms with van der Waals surface area (Å²) in [5, 5.41) is 10.5. The maximum Gasteiger partial charge on any atom is 0.269 e. The third kappa shape index (κ3) is 4.38. The third-order valence-electron chi connectivity index (χ3n) is 2.73. The van der Waals surface area contributed by atoms with E-state index < -0.39 is 4.92 Å². The smallest absolute Gasteiger partial charge is 0.269 e. The van der Waals surface area contributed by atoms with Crippen molar-refractivity contribution in [2.45, 2.75) is 0 Å². The number of benzene rings is 2. The van der Waals surface area contributed by atoms with Crippen LogP contribution in [0.2, 0.25) is 0 Å². The number of methoxy groups -OCH3 is 1. The van der Waals surface area contributed by atoms with E-state index in [1.54, 1.807) is 19.2 Å². The van der Waals surface area contributed by atoms with Gasteiger partial charge in [-0.25, -0.2) is 0 Å². The van der Waals surface area contributed by atoms with Crippen LogP contribution < -0.4 is 14.2 Å². The molecule has 0 atom stereocenters. The number of hydrogen-bond acceptors (Lipinski definition) is 5. The number of rotatable bonds is 7. The molecule has 2 aromatic rings. The van der Waals surface area contributed by atoms with E-state index in [1.807, 2.05) is 24.3 Å². The zero-order chi connectivity index (χ0) is 15.1. The molecule has 0 heterocycles. The first kappa shape index (κ1) is 14.6. The average Bonchev–Trinajstić information content (AvgIpc) is 2.52. The van der Waals surface area contributed by atoms with Gasteiger partial charge in [0.2, 0.25) is 0 Å². The molecule has 2 rings (SSSR count). The number of nitro groups is 1. The van der Waals surface area contributed by atoms with Gasteiger partial charge in [0.05, 0.1) is 12.0 Å². The van der Waals surface area contributed by atoms with Gasteiger partial charge in [-0.05, 0) is 36.4 Å². The van der Waals surface area contributed by atoms with Crippen molar-refractivity contribution in [1.29, 1.82) is 0 Å². The van der Waals surface area contributed by atoms with Crippen molar-refractivity contribution in [3.63, 3.8) is 0 Å². The maximum atomic E-state index is 10.5. The normalized spacial score (nSPS) is 9.95. The Hall–Kier alpha value is -2.76. The molecular weight excluding hydrogens is 274 g/mol. The fraction of sp³-hybridized carbons (Fsp3) is 0.200. The van der Waals surface area contributed by atoms with Gasteiger partial charge in [0, 0.05) is 12.1 Å². The fourth-order valence-electron chi connectivity index (χ4n) is 1.66. The van der Waals surface area contributed by atoms with Crippen LogP contribution in [-0.4, -0.2) is 25.2 Å². The summed E-state index contributed by atoms with van der Waals surface area (Å²) in [6.45, 7) is 0.729. The predicted molar refractivity (Wildman–Crippen MR) is 77.1 cm³/mol. The van der Waals surface area contributed by atoms with Gasteiger partial charge in [0.15, 0.2) is 0 Å². The first-order chi connectivity index (χ1) is 10.2. The van der Waals surface area contributed by atoms with Gasteiger partial charge in [-0.3, -0.25) is 10.1 Å². The predicted octanol–water partition coefficient (Wildman–Crippen LogP) is 3.06. The summed E-state index contributed by atoms with van der Waals surface area (Å²) >= 11 is 0. The van der Waals surface area contributed by atoms with Crippen molar-refractivity contribution in [2.24, 2.45) is 0 Å². The van der Waals surface area contributed by atoms with Crippen molar-refractivity contribution in [3.05, 3.63) is 58.6 Å². The number of hydrogen-bond donors (Lipinski definition) is 0. The summed E-state index contributed by atoms with van der Waals surface area (Å²) in [5.74, 6) is 2.06. The topological polar surface area (TPSA) is 70.8 Å². The second-order valence-corrected chi connectivity index (χ2v) is 4.12. The van der Waals surface area contributed by atoms with Crippen LogP contribution in [0, 0.1) is 10.1 Å². The molecule has 0 radical (unpaired) electrons. The number of ether oxygens (including phenoxy) is 3. The highest BCUT2D eigenvalue weighted by atomic mass is 16.6. The summed E-state index contributed by atoms with van der Waals surface area (Å²) in [6.07, 6.45) is 0. The van der Waals surface area contributed by atoms with Crippen LogP contribution in [0.3, 0.4) is 0 Å². The Labute approximate surface area is 122 Å². The highest BCUT2D eigenvalue weighted by molar-refractivity contribution is 5.36. The minimum atomic E-state index is -0.448. The summed E-state index contributed by atoms with van der Waals surface area (Å²) in [4.78, 5) is 10.1. The molecule has 0 aliphatic heterocycles. The summed E-state index contributed by atoms with van der Waals surface area (Å²) in [6, 6.07) is 13.2. The summed E-state index contributed by atoms with van der Waals surface area (Å²) in [5.41, 5.74) is 0.0387. The van der Waals surface area contributed by atoms with Gasteiger partial charge in [0.1, 0.15) is 30.5 Å². The lowest BCUT2D eigenvalue weighted by atomic mass is 10.3. The second kappa shape index (κ2) is 7.14. The van der Waals surface area contributed by atoms with Crippen LogP contribution in [-0.2, 0) is 0 Å². The molecule has 0 aromatic heterocycles. The minimum absolute atomic E-state index is 0.0387. The fourth-order valence-corrected chi connectivity index (χ4v) is 1.66. The molecule has 0 unspecified atom stereocenters. The van der Waals surface area contributed by atoms with Crippen molar-refractivity contribution in [3.8, 4) is 17.2 Å². The Morgan fingerprint density at radius 2 is 1.29 bits per heavy atom. The van der Waals surface area contributed by atoms with E-state index >= 15 is 0 Å². The monoisotopic (exact) mass is 289 g/mol. The van der Waals surface area contributed by atoms with E-state index in [0.29, 0.717) is 19.0 Å². The SMILES string of the molecule is COc1ccc(OCCOc2ccc([N+](=O)[O-])cc2)cc1. The largest absolute Gasteiger partial charge is 0.497 e. The molecule has 0 fully saturated rings. The van der Waals surface area contributed by atoms with Crippen LogP contribution in [0.1, 0.15) is 0 Å². The molecule has 0 saturated carbocycles. The molecule has 6 heteroatoms. The lowest BCUT2D eigenvalue weighted by Gasteiger charge is -2.08. The van der Waals surface area contributed by atoms with Crippen LogP contribution in [0.5, 0.6) is 17.2 Å². The Kier molecular flexibility index (Phi) is 4.98. The molecule has 2 aromatic carbocycles. The van der Waals surface area contributed by atoms with Crippen molar-refractivity contribution >= 4 is 5.69 Å². The van der Waals surface area contributed by atoms with E-state index in [4.69, 9.17) is 14.2 Å². The van der Waals surface area contributed by atoms with Gasteiger partial charge in [-0.2, -0.15) is 0 Å². The van der Waals surface area contributed by atoms with E-state index in [9.17, 15) is 10.1 Å². The highest BCUT2D eigenvalue weighted by Gasteiger charge is 2.04. The Bertz CT molecular complexity index is 580. The van der Waals surface area contributed by atoms with Crippen molar-refractivity contribution < 1.29 is 19.1 Å². The van der Waals surface area contributed by atoms with Crippen LogP contribution in [0.4, 0.5) is 5.69 Å². The van der Waals surface area contributed by atoms with Crippen LogP contribution >= 0.6 is 0 Å². The first-order valence-electron chi connectivity index (χ1n) is 6.33. The van der Waals surface area contributed by atoms with Crippen molar-refractivity contribution in [1.82, 2.24) is 0 Å². The molecule has 0 amide bonds. The maximum absolute atomic E-state index is 10.5. The van der Waals surface area contributed by atoms with Gasteiger partial charge in [-0.15, -0.1) is 0 Å². The first-order valence-corrected chi connectivity index (χ1v) is 6.33. The molecule has 0 saturated heterocycles. The quantitative estimate of drug-likeness (QED) is 0.445. The standard InChI is InChI=1S/C15H15NO5/c1-19-13-6-8-15(9-7-13)21-11-10-20-14-4-2-12(3-5-14)16(17)18/h2-9H,10-11H2,1H3. The Balaban J connectivity index is 1.74. The summed E-state index contributed by atoms with van der Waals surface area (Å²) in [7, 11) is 1.61. The van der Waals surface area contributed by atoms with E-state index in [1.165, 1.54) is 12.1 Å². The minimum Gasteiger partial charge on any atom is -0.497 e. The van der Waals surface area contributed by atoms with E-state index in [2.05, 4.69) is 0 Å². The second-order valence-electron chi connectivity index (χ2n) is 4.12. The molecule has 0 bridgehead atoms. The zero-order valence-electron chi connectivity index (χ0n) is 11.5. The highest BCUT2D eigenvalue weighted by Crippen LogP contribution is 2.18. The third-order valence-corrected chi connectivity index (χ3v) is 2.73. The molecule has 0 aliphatic carbocycles. The van der Waals surface area contributed by atoms with Gasteiger partial charge in [0.25, 0.3) is 5.69 Å². The Morgan fingerprint density at radius 3 is 1.71 bits per heavy atom. The van der Waals surface area contributed by atoms with Gasteiger partial charge >= 0.3 is 0 Å². The molecule has 0 N–H and O–H groups in total. The molecule has 0 aliphatic rings. The van der Waals surface area contributed by atoms with Crippen molar-refractivity contribution in [2.75, 3.05) is 20.3 Å². The molecule has 21 heavy (non-hydrogen) atoms. The lowest BCUT2D eigenvalue weighted by molar-refractivity contribution is -0.384. The van der Waals surface area contributed by atoms with E-state index in [-0.39, 0.29) is 5.69 Å². The summed E-state index contributed by atoms with van der Waals surface area (Å²) < 4.78 is 16.0. The van der Waals surface area contributed by atoms with Crippen LogP contribution in [0.15, 0.2) is 48.5 Å².